The van der Waals surface area contributed by atoms with E-state index in [-0.39, 0.29) is 0 Å². The van der Waals surface area contributed by atoms with Gasteiger partial charge in [0.2, 0.25) is 0 Å². The third-order valence-corrected chi connectivity index (χ3v) is 4.44. The van der Waals surface area contributed by atoms with Crippen LogP contribution in [0.3, 0.4) is 0 Å². The van der Waals surface area contributed by atoms with Crippen molar-refractivity contribution in [3.8, 4) is 0 Å². The standard InChI is InChI=1S/C16H29N3/c1-3-15-14(11-12-17)16(4-2)19(18-15)13-9-7-5-6-8-10-13/h13H,3-12,17H2,1-2H3. The minimum absolute atomic E-state index is 0.634. The number of rotatable bonds is 5. The van der Waals surface area contributed by atoms with E-state index in [1.54, 1.807) is 0 Å². The third-order valence-electron chi connectivity index (χ3n) is 4.44. The summed E-state index contributed by atoms with van der Waals surface area (Å²) >= 11 is 0. The van der Waals surface area contributed by atoms with Crippen LogP contribution in [0.1, 0.15) is 75.4 Å². The van der Waals surface area contributed by atoms with Crippen LogP contribution in [0, 0.1) is 0 Å². The van der Waals surface area contributed by atoms with Crippen LogP contribution in [0.2, 0.25) is 0 Å². The van der Waals surface area contributed by atoms with Crippen LogP contribution in [0.5, 0.6) is 0 Å². The van der Waals surface area contributed by atoms with Crippen molar-refractivity contribution < 1.29 is 0 Å². The molecule has 1 fully saturated rings. The predicted octanol–water partition coefficient (Wildman–Crippen LogP) is 3.40. The fraction of sp³-hybridized carbons (Fsp3) is 0.812. The van der Waals surface area contributed by atoms with E-state index in [4.69, 9.17) is 10.8 Å². The number of hydrogen-bond donors (Lipinski definition) is 1. The van der Waals surface area contributed by atoms with Gasteiger partial charge >= 0.3 is 0 Å². The number of aromatic nitrogens is 2. The molecule has 1 heterocycles. The van der Waals surface area contributed by atoms with Gasteiger partial charge in [0.05, 0.1) is 11.7 Å². The van der Waals surface area contributed by atoms with E-state index >= 15 is 0 Å². The Hall–Kier alpha value is -0.830. The quantitative estimate of drug-likeness (QED) is 0.827. The molecule has 0 amide bonds. The molecule has 0 bridgehead atoms. The molecule has 108 valence electrons. The summed E-state index contributed by atoms with van der Waals surface area (Å²) in [5.74, 6) is 0. The smallest absolute Gasteiger partial charge is 0.0657 e. The minimum Gasteiger partial charge on any atom is -0.330 e. The van der Waals surface area contributed by atoms with E-state index in [1.165, 1.54) is 55.5 Å². The molecule has 0 spiro atoms. The number of nitrogens with zero attached hydrogens (tertiary/aromatic N) is 2. The summed E-state index contributed by atoms with van der Waals surface area (Å²) in [6.07, 6.45) is 11.2. The lowest BCUT2D eigenvalue weighted by molar-refractivity contribution is 0.392. The highest BCUT2D eigenvalue weighted by atomic mass is 15.3. The second kappa shape index (κ2) is 7.09. The zero-order valence-electron chi connectivity index (χ0n) is 12.6. The zero-order chi connectivity index (χ0) is 13.7. The van der Waals surface area contributed by atoms with Gasteiger partial charge in [-0.15, -0.1) is 0 Å². The van der Waals surface area contributed by atoms with Crippen molar-refractivity contribution in [2.45, 2.75) is 77.7 Å². The Morgan fingerprint density at radius 2 is 1.79 bits per heavy atom. The summed E-state index contributed by atoms with van der Waals surface area (Å²) in [4.78, 5) is 0. The first kappa shape index (κ1) is 14.6. The van der Waals surface area contributed by atoms with Gasteiger partial charge in [0.25, 0.3) is 0 Å². The first-order valence-corrected chi connectivity index (χ1v) is 8.11. The Kier molecular flexibility index (Phi) is 5.44. The van der Waals surface area contributed by atoms with Crippen LogP contribution in [0.15, 0.2) is 0 Å². The molecule has 0 aliphatic heterocycles. The Morgan fingerprint density at radius 3 is 2.32 bits per heavy atom. The summed E-state index contributed by atoms with van der Waals surface area (Å²) < 4.78 is 2.37. The van der Waals surface area contributed by atoms with Crippen molar-refractivity contribution in [3.63, 3.8) is 0 Å². The third kappa shape index (κ3) is 3.19. The molecule has 1 saturated carbocycles. The van der Waals surface area contributed by atoms with Crippen LogP contribution < -0.4 is 5.73 Å². The summed E-state index contributed by atoms with van der Waals surface area (Å²) in [5, 5.41) is 4.94. The lowest BCUT2D eigenvalue weighted by Crippen LogP contribution is -2.14. The SMILES string of the molecule is CCc1nn(C2CCCCCC2)c(CC)c1CCN. The molecule has 1 aromatic rings. The molecule has 0 unspecified atom stereocenters. The highest BCUT2D eigenvalue weighted by Gasteiger charge is 2.21. The lowest BCUT2D eigenvalue weighted by Gasteiger charge is -2.18. The van der Waals surface area contributed by atoms with Crippen LogP contribution in [0.25, 0.3) is 0 Å². The van der Waals surface area contributed by atoms with Crippen LogP contribution >= 0.6 is 0 Å². The minimum atomic E-state index is 0.634. The molecule has 0 aromatic carbocycles. The fourth-order valence-corrected chi connectivity index (χ4v) is 3.45. The van der Waals surface area contributed by atoms with Crippen molar-refractivity contribution in [3.05, 3.63) is 17.0 Å². The summed E-state index contributed by atoms with van der Waals surface area (Å²) in [6.45, 7) is 5.19. The predicted molar refractivity (Wildman–Crippen MR) is 80.5 cm³/mol. The average Bonchev–Trinajstić information content (AvgIpc) is 2.62. The summed E-state index contributed by atoms with van der Waals surface area (Å²) in [7, 11) is 0. The molecule has 1 aliphatic rings. The van der Waals surface area contributed by atoms with Gasteiger partial charge in [0, 0.05) is 5.69 Å². The highest BCUT2D eigenvalue weighted by molar-refractivity contribution is 5.27. The largest absolute Gasteiger partial charge is 0.330 e. The van der Waals surface area contributed by atoms with Crippen LogP contribution in [0.4, 0.5) is 0 Å². The second-order valence-electron chi connectivity index (χ2n) is 5.71. The highest BCUT2D eigenvalue weighted by Crippen LogP contribution is 2.30. The fourth-order valence-electron chi connectivity index (χ4n) is 3.45. The van der Waals surface area contributed by atoms with E-state index < -0.39 is 0 Å². The second-order valence-corrected chi connectivity index (χ2v) is 5.71. The maximum absolute atomic E-state index is 5.78. The molecule has 2 N–H and O–H groups in total. The lowest BCUT2D eigenvalue weighted by atomic mass is 10.0. The molecule has 19 heavy (non-hydrogen) atoms. The van der Waals surface area contributed by atoms with Crippen molar-refractivity contribution in [2.75, 3.05) is 6.54 Å². The molecule has 3 heteroatoms. The summed E-state index contributed by atoms with van der Waals surface area (Å²) in [6, 6.07) is 0.634. The molecule has 1 aromatic heterocycles. The Bertz CT molecular complexity index is 387. The van der Waals surface area contributed by atoms with Gasteiger partial charge in [-0.3, -0.25) is 4.68 Å². The van der Waals surface area contributed by atoms with Gasteiger partial charge in [0.15, 0.2) is 0 Å². The van der Waals surface area contributed by atoms with Gasteiger partial charge in [-0.05, 0) is 44.2 Å². The van der Waals surface area contributed by atoms with Gasteiger partial charge < -0.3 is 5.73 Å². The first-order chi connectivity index (χ1) is 9.31. The van der Waals surface area contributed by atoms with Crippen LogP contribution in [-0.4, -0.2) is 16.3 Å². The summed E-state index contributed by atoms with van der Waals surface area (Å²) in [5.41, 5.74) is 9.96. The molecule has 3 nitrogen and oxygen atoms in total. The van der Waals surface area contributed by atoms with Crippen molar-refractivity contribution in [2.24, 2.45) is 5.73 Å². The van der Waals surface area contributed by atoms with Gasteiger partial charge in [-0.1, -0.05) is 39.5 Å². The van der Waals surface area contributed by atoms with E-state index in [0.29, 0.717) is 6.04 Å². The molecule has 0 atom stereocenters. The first-order valence-electron chi connectivity index (χ1n) is 8.11. The normalized spacial score (nSPS) is 17.6. The number of hydrogen-bond acceptors (Lipinski definition) is 2. The van der Waals surface area contributed by atoms with Crippen molar-refractivity contribution in [1.82, 2.24) is 9.78 Å². The number of aryl methyl sites for hydroxylation is 1. The average molecular weight is 263 g/mol. The maximum Gasteiger partial charge on any atom is 0.0657 e. The Labute approximate surface area is 117 Å². The molecular formula is C16H29N3. The monoisotopic (exact) mass is 263 g/mol. The zero-order valence-corrected chi connectivity index (χ0v) is 12.6. The van der Waals surface area contributed by atoms with E-state index in [2.05, 4.69) is 18.5 Å². The molecule has 0 radical (unpaired) electrons. The topological polar surface area (TPSA) is 43.8 Å². The Balaban J connectivity index is 2.32. The molecular weight excluding hydrogens is 234 g/mol. The van der Waals surface area contributed by atoms with E-state index in [0.717, 1.165) is 25.8 Å². The van der Waals surface area contributed by atoms with E-state index in [9.17, 15) is 0 Å². The van der Waals surface area contributed by atoms with Crippen molar-refractivity contribution in [1.29, 1.82) is 0 Å². The van der Waals surface area contributed by atoms with E-state index in [1.807, 2.05) is 0 Å². The Morgan fingerprint density at radius 1 is 1.11 bits per heavy atom. The van der Waals surface area contributed by atoms with Crippen LogP contribution in [-0.2, 0) is 19.3 Å². The molecule has 1 aliphatic carbocycles. The van der Waals surface area contributed by atoms with Gasteiger partial charge in [-0.25, -0.2) is 0 Å². The molecule has 2 rings (SSSR count). The van der Waals surface area contributed by atoms with Gasteiger partial charge in [0.1, 0.15) is 0 Å². The number of nitrogens with two attached hydrogens (primary N) is 1. The van der Waals surface area contributed by atoms with Gasteiger partial charge in [-0.2, -0.15) is 5.10 Å². The van der Waals surface area contributed by atoms with Crippen molar-refractivity contribution >= 4 is 0 Å². The maximum atomic E-state index is 5.78. The molecule has 0 saturated heterocycles.